The summed E-state index contributed by atoms with van der Waals surface area (Å²) >= 11 is 0. The van der Waals surface area contributed by atoms with Crippen molar-refractivity contribution >= 4 is 21.6 Å². The van der Waals surface area contributed by atoms with Gasteiger partial charge in [0.25, 0.3) is 15.9 Å². The number of para-hydroxylation sites is 1. The highest BCUT2D eigenvalue weighted by Crippen LogP contribution is 2.24. The number of anilines is 1. The van der Waals surface area contributed by atoms with Gasteiger partial charge in [0.05, 0.1) is 24.2 Å². The maximum Gasteiger partial charge on any atom is 0.264 e. The SMILES string of the molecule is COc1ccc(S(=O)(=O)N(C)c2ccc(C(=O)NCCOc3ccccc3C)cc2)cc1. The lowest BCUT2D eigenvalue weighted by Crippen LogP contribution is -2.28. The second kappa shape index (κ2) is 10.2. The minimum atomic E-state index is -3.74. The van der Waals surface area contributed by atoms with E-state index in [-0.39, 0.29) is 10.8 Å². The van der Waals surface area contributed by atoms with Crippen LogP contribution in [0.2, 0.25) is 0 Å². The first-order valence-electron chi connectivity index (χ1n) is 10.0. The molecule has 0 aliphatic carbocycles. The molecule has 0 atom stereocenters. The van der Waals surface area contributed by atoms with E-state index in [2.05, 4.69) is 5.32 Å². The Labute approximate surface area is 188 Å². The zero-order chi connectivity index (χ0) is 23.1. The maximum absolute atomic E-state index is 12.9. The molecule has 0 heterocycles. The second-order valence-corrected chi connectivity index (χ2v) is 9.03. The zero-order valence-electron chi connectivity index (χ0n) is 18.2. The van der Waals surface area contributed by atoms with E-state index in [1.807, 2.05) is 31.2 Å². The van der Waals surface area contributed by atoms with Crippen molar-refractivity contribution < 1.29 is 22.7 Å². The third-order valence-corrected chi connectivity index (χ3v) is 6.75. The first-order chi connectivity index (χ1) is 15.3. The lowest BCUT2D eigenvalue weighted by molar-refractivity contribution is 0.0947. The van der Waals surface area contributed by atoms with Crippen molar-refractivity contribution in [3.05, 3.63) is 83.9 Å². The Balaban J connectivity index is 1.58. The highest BCUT2D eigenvalue weighted by molar-refractivity contribution is 7.92. The number of methoxy groups -OCH3 is 1. The molecule has 0 aliphatic heterocycles. The van der Waals surface area contributed by atoms with Crippen LogP contribution >= 0.6 is 0 Å². The largest absolute Gasteiger partial charge is 0.497 e. The van der Waals surface area contributed by atoms with Gasteiger partial charge < -0.3 is 14.8 Å². The van der Waals surface area contributed by atoms with Crippen molar-refractivity contribution in [3.63, 3.8) is 0 Å². The van der Waals surface area contributed by atoms with E-state index in [9.17, 15) is 13.2 Å². The number of carbonyl (C=O) groups is 1. The lowest BCUT2D eigenvalue weighted by Gasteiger charge is -2.20. The molecule has 32 heavy (non-hydrogen) atoms. The van der Waals surface area contributed by atoms with Crippen LogP contribution in [0.4, 0.5) is 5.69 Å². The summed E-state index contributed by atoms with van der Waals surface area (Å²) in [4.78, 5) is 12.5. The number of hydrogen-bond acceptors (Lipinski definition) is 5. The van der Waals surface area contributed by atoms with E-state index < -0.39 is 10.0 Å². The van der Waals surface area contributed by atoms with Crippen LogP contribution in [0.25, 0.3) is 0 Å². The number of rotatable bonds is 9. The summed E-state index contributed by atoms with van der Waals surface area (Å²) in [6, 6.07) is 20.2. The predicted octanol–water partition coefficient (Wildman–Crippen LogP) is 3.64. The molecule has 0 fully saturated rings. The lowest BCUT2D eigenvalue weighted by atomic mass is 10.2. The number of nitrogens with one attached hydrogen (secondary N) is 1. The van der Waals surface area contributed by atoms with Crippen molar-refractivity contribution in [2.24, 2.45) is 0 Å². The average Bonchev–Trinajstić information content (AvgIpc) is 2.82. The Bertz CT molecular complexity index is 1160. The molecule has 1 N–H and O–H groups in total. The van der Waals surface area contributed by atoms with Gasteiger partial charge in [-0.05, 0) is 67.1 Å². The summed E-state index contributed by atoms with van der Waals surface area (Å²) in [7, 11) is -0.749. The van der Waals surface area contributed by atoms with Crippen molar-refractivity contribution in [2.45, 2.75) is 11.8 Å². The number of amides is 1. The molecular formula is C24H26N2O5S. The molecule has 0 bridgehead atoms. The molecule has 168 valence electrons. The van der Waals surface area contributed by atoms with Crippen LogP contribution in [-0.2, 0) is 10.0 Å². The Morgan fingerprint density at radius 3 is 2.25 bits per heavy atom. The molecule has 0 saturated heterocycles. The third kappa shape index (κ3) is 5.39. The highest BCUT2D eigenvalue weighted by atomic mass is 32.2. The molecule has 8 heteroatoms. The van der Waals surface area contributed by atoms with E-state index in [0.717, 1.165) is 11.3 Å². The molecule has 1 amide bonds. The number of ether oxygens (including phenoxy) is 2. The Morgan fingerprint density at radius 1 is 0.969 bits per heavy atom. The summed E-state index contributed by atoms with van der Waals surface area (Å²) in [5.41, 5.74) is 1.91. The molecule has 7 nitrogen and oxygen atoms in total. The minimum absolute atomic E-state index is 0.149. The van der Waals surface area contributed by atoms with Crippen molar-refractivity contribution in [1.82, 2.24) is 5.32 Å². The summed E-state index contributed by atoms with van der Waals surface area (Å²) in [6.07, 6.45) is 0. The van der Waals surface area contributed by atoms with Crippen LogP contribution < -0.4 is 19.1 Å². The van der Waals surface area contributed by atoms with Crippen LogP contribution in [0, 0.1) is 6.92 Å². The molecule has 3 aromatic rings. The number of nitrogens with zero attached hydrogens (tertiary/aromatic N) is 1. The van der Waals surface area contributed by atoms with Crippen LogP contribution in [-0.4, -0.2) is 41.6 Å². The van der Waals surface area contributed by atoms with Gasteiger partial charge in [0.15, 0.2) is 0 Å². The molecule has 0 aromatic heterocycles. The van der Waals surface area contributed by atoms with Gasteiger partial charge in [-0.25, -0.2) is 8.42 Å². The number of hydrogen-bond donors (Lipinski definition) is 1. The van der Waals surface area contributed by atoms with Gasteiger partial charge in [0.2, 0.25) is 0 Å². The quantitative estimate of drug-likeness (QED) is 0.499. The number of sulfonamides is 1. The van der Waals surface area contributed by atoms with Crippen molar-refractivity contribution in [3.8, 4) is 11.5 Å². The average molecular weight is 455 g/mol. The molecule has 0 radical (unpaired) electrons. The van der Waals surface area contributed by atoms with E-state index in [1.54, 1.807) is 36.4 Å². The monoisotopic (exact) mass is 454 g/mol. The smallest absolute Gasteiger partial charge is 0.264 e. The first-order valence-corrected chi connectivity index (χ1v) is 11.5. The summed E-state index contributed by atoms with van der Waals surface area (Å²) in [6.45, 7) is 2.65. The predicted molar refractivity (Wildman–Crippen MR) is 124 cm³/mol. The van der Waals surface area contributed by atoms with Crippen LogP contribution in [0.15, 0.2) is 77.7 Å². The Kier molecular flexibility index (Phi) is 7.37. The van der Waals surface area contributed by atoms with Crippen LogP contribution in [0.1, 0.15) is 15.9 Å². The summed E-state index contributed by atoms with van der Waals surface area (Å²) in [5.74, 6) is 1.10. The number of aryl methyl sites for hydroxylation is 1. The van der Waals surface area contributed by atoms with E-state index in [4.69, 9.17) is 9.47 Å². The van der Waals surface area contributed by atoms with Crippen molar-refractivity contribution in [2.75, 3.05) is 31.6 Å². The molecular weight excluding hydrogens is 428 g/mol. The second-order valence-electron chi connectivity index (χ2n) is 7.06. The highest BCUT2D eigenvalue weighted by Gasteiger charge is 2.21. The molecule has 0 unspecified atom stereocenters. The Morgan fingerprint density at radius 2 is 1.62 bits per heavy atom. The van der Waals surface area contributed by atoms with Gasteiger partial charge in [-0.3, -0.25) is 9.10 Å². The first kappa shape index (κ1) is 23.1. The molecule has 0 spiro atoms. The number of carbonyl (C=O) groups excluding carboxylic acids is 1. The van der Waals surface area contributed by atoms with Gasteiger partial charge in [0, 0.05) is 12.6 Å². The van der Waals surface area contributed by atoms with Crippen LogP contribution in [0.5, 0.6) is 11.5 Å². The fourth-order valence-corrected chi connectivity index (χ4v) is 4.21. The van der Waals surface area contributed by atoms with E-state index in [0.29, 0.717) is 30.2 Å². The third-order valence-electron chi connectivity index (χ3n) is 4.95. The molecule has 0 aliphatic rings. The summed E-state index contributed by atoms with van der Waals surface area (Å²) in [5, 5.41) is 2.80. The van der Waals surface area contributed by atoms with Gasteiger partial charge in [-0.2, -0.15) is 0 Å². The number of benzene rings is 3. The van der Waals surface area contributed by atoms with Crippen LogP contribution in [0.3, 0.4) is 0 Å². The standard InChI is InChI=1S/C24H26N2O5S/c1-18-6-4-5-7-23(18)31-17-16-25-24(27)19-8-10-20(11-9-19)26(2)32(28,29)22-14-12-21(30-3)13-15-22/h4-15H,16-17H2,1-3H3,(H,25,27). The fraction of sp³-hybridized carbons (Fsp3) is 0.208. The summed E-state index contributed by atoms with van der Waals surface area (Å²) < 4.78 is 37.6. The van der Waals surface area contributed by atoms with Gasteiger partial charge >= 0.3 is 0 Å². The topological polar surface area (TPSA) is 84.9 Å². The van der Waals surface area contributed by atoms with Gasteiger partial charge in [0.1, 0.15) is 18.1 Å². The molecule has 0 saturated carbocycles. The fourth-order valence-electron chi connectivity index (χ4n) is 3.01. The van der Waals surface area contributed by atoms with E-state index in [1.165, 1.54) is 30.6 Å². The normalized spacial score (nSPS) is 11.0. The zero-order valence-corrected chi connectivity index (χ0v) is 19.1. The molecule has 3 aromatic carbocycles. The van der Waals surface area contributed by atoms with Gasteiger partial charge in [-0.1, -0.05) is 18.2 Å². The van der Waals surface area contributed by atoms with Crippen molar-refractivity contribution in [1.29, 1.82) is 0 Å². The molecule has 3 rings (SSSR count). The minimum Gasteiger partial charge on any atom is -0.497 e. The maximum atomic E-state index is 12.9. The van der Waals surface area contributed by atoms with E-state index >= 15 is 0 Å². The Hall–Kier alpha value is -3.52. The van der Waals surface area contributed by atoms with Gasteiger partial charge in [-0.15, -0.1) is 0 Å².